The molecule has 21 heavy (non-hydrogen) atoms. The molecule has 114 valence electrons. The number of nitrogens with zero attached hydrogens (tertiary/aromatic N) is 1. The maximum absolute atomic E-state index is 13.2. The number of halogens is 4. The lowest BCUT2D eigenvalue weighted by molar-refractivity contribution is -0.141. The number of amides is 1. The fourth-order valence-electron chi connectivity index (χ4n) is 2.20. The van der Waals surface area contributed by atoms with E-state index in [-0.39, 0.29) is 25.1 Å². The minimum Gasteiger partial charge on any atom is -0.481 e. The molecule has 2 rings (SSSR count). The maximum atomic E-state index is 13.2. The number of likely N-dealkylation sites (tertiary alicyclic amines) is 1. The highest BCUT2D eigenvalue weighted by atomic mass is 19.4. The van der Waals surface area contributed by atoms with Gasteiger partial charge < -0.3 is 10.0 Å². The summed E-state index contributed by atoms with van der Waals surface area (Å²) in [7, 11) is 0. The number of carbonyl (C=O) groups excluding carboxylic acids is 1. The van der Waals surface area contributed by atoms with Crippen molar-refractivity contribution in [2.45, 2.75) is 12.6 Å². The Morgan fingerprint density at radius 3 is 2.48 bits per heavy atom. The van der Waals surface area contributed by atoms with Crippen LogP contribution in [0.1, 0.15) is 22.3 Å². The Bertz CT molecular complexity index is 585. The summed E-state index contributed by atoms with van der Waals surface area (Å²) in [6.45, 7) is 0.0847. The first-order chi connectivity index (χ1) is 9.70. The molecule has 1 heterocycles. The van der Waals surface area contributed by atoms with Crippen molar-refractivity contribution >= 4 is 11.9 Å². The zero-order valence-corrected chi connectivity index (χ0v) is 10.7. The second-order valence-electron chi connectivity index (χ2n) is 4.77. The van der Waals surface area contributed by atoms with Crippen LogP contribution >= 0.6 is 0 Å². The Balaban J connectivity index is 2.23. The standard InChI is InChI=1S/C13H11F4NO3/c14-10-2-1-7(5-9(10)13(15,16)17)11(19)18-4-3-8(6-18)12(20)21/h1-2,5,8H,3-4,6H2,(H,20,21)/t8-/m0/s1. The van der Waals surface area contributed by atoms with Gasteiger partial charge in [0.15, 0.2) is 0 Å². The predicted octanol–water partition coefficient (Wildman–Crippen LogP) is 2.39. The van der Waals surface area contributed by atoms with Gasteiger partial charge in [-0.15, -0.1) is 0 Å². The number of benzene rings is 1. The van der Waals surface area contributed by atoms with Gasteiger partial charge in [-0.25, -0.2) is 4.39 Å². The quantitative estimate of drug-likeness (QED) is 0.854. The Kier molecular flexibility index (Phi) is 3.89. The van der Waals surface area contributed by atoms with Crippen LogP contribution < -0.4 is 0 Å². The average molecular weight is 305 g/mol. The second-order valence-corrected chi connectivity index (χ2v) is 4.77. The van der Waals surface area contributed by atoms with Gasteiger partial charge in [0, 0.05) is 18.7 Å². The molecule has 0 aromatic heterocycles. The van der Waals surface area contributed by atoms with E-state index in [9.17, 15) is 27.2 Å². The van der Waals surface area contributed by atoms with Gasteiger partial charge >= 0.3 is 12.1 Å². The minimum absolute atomic E-state index is 0.0626. The molecular formula is C13H11F4NO3. The Labute approximate surface area is 117 Å². The number of alkyl halides is 3. The summed E-state index contributed by atoms with van der Waals surface area (Å²) in [6.07, 6.45) is -4.65. The van der Waals surface area contributed by atoms with E-state index < -0.39 is 35.4 Å². The summed E-state index contributed by atoms with van der Waals surface area (Å²) in [4.78, 5) is 24.0. The van der Waals surface area contributed by atoms with Crippen molar-refractivity contribution in [3.8, 4) is 0 Å². The molecule has 1 saturated heterocycles. The Morgan fingerprint density at radius 2 is 1.95 bits per heavy atom. The van der Waals surface area contributed by atoms with Gasteiger partial charge in [0.1, 0.15) is 5.82 Å². The fourth-order valence-corrected chi connectivity index (χ4v) is 2.20. The van der Waals surface area contributed by atoms with Gasteiger partial charge in [0.05, 0.1) is 11.5 Å². The molecule has 1 aromatic rings. The molecule has 1 fully saturated rings. The van der Waals surface area contributed by atoms with E-state index in [0.29, 0.717) is 12.1 Å². The Morgan fingerprint density at radius 1 is 1.29 bits per heavy atom. The average Bonchev–Trinajstić information content (AvgIpc) is 2.86. The van der Waals surface area contributed by atoms with E-state index in [4.69, 9.17) is 5.11 Å². The molecule has 0 saturated carbocycles. The number of hydrogen-bond acceptors (Lipinski definition) is 2. The van der Waals surface area contributed by atoms with Crippen molar-refractivity contribution in [2.75, 3.05) is 13.1 Å². The molecule has 0 bridgehead atoms. The van der Waals surface area contributed by atoms with Crippen LogP contribution in [-0.2, 0) is 11.0 Å². The largest absolute Gasteiger partial charge is 0.481 e. The first kappa shape index (κ1) is 15.3. The molecule has 0 spiro atoms. The molecule has 1 aliphatic rings. The fraction of sp³-hybridized carbons (Fsp3) is 0.385. The molecule has 0 aliphatic carbocycles. The topological polar surface area (TPSA) is 57.6 Å². The minimum atomic E-state index is -4.89. The summed E-state index contributed by atoms with van der Waals surface area (Å²) in [5.41, 5.74) is -1.82. The van der Waals surface area contributed by atoms with Crippen molar-refractivity contribution in [1.29, 1.82) is 0 Å². The predicted molar refractivity (Wildman–Crippen MR) is 63.0 cm³/mol. The molecule has 4 nitrogen and oxygen atoms in total. The number of carboxylic acid groups (broad SMARTS) is 1. The Hall–Kier alpha value is -2.12. The van der Waals surface area contributed by atoms with Crippen LogP contribution in [0, 0.1) is 11.7 Å². The van der Waals surface area contributed by atoms with Gasteiger partial charge in [-0.3, -0.25) is 9.59 Å². The molecule has 1 N–H and O–H groups in total. The third kappa shape index (κ3) is 3.14. The zero-order chi connectivity index (χ0) is 15.8. The molecule has 1 amide bonds. The second kappa shape index (κ2) is 5.34. The number of carbonyl (C=O) groups is 2. The van der Waals surface area contributed by atoms with E-state index in [1.807, 2.05) is 0 Å². The molecule has 0 unspecified atom stereocenters. The van der Waals surface area contributed by atoms with Gasteiger partial charge in [-0.05, 0) is 24.6 Å². The van der Waals surface area contributed by atoms with Gasteiger partial charge in [0.25, 0.3) is 5.91 Å². The zero-order valence-electron chi connectivity index (χ0n) is 10.7. The highest BCUT2D eigenvalue weighted by molar-refractivity contribution is 5.95. The molecule has 0 radical (unpaired) electrons. The van der Waals surface area contributed by atoms with Crippen molar-refractivity contribution in [1.82, 2.24) is 4.90 Å². The van der Waals surface area contributed by atoms with Gasteiger partial charge in [0.2, 0.25) is 0 Å². The summed E-state index contributed by atoms with van der Waals surface area (Å²) in [5.74, 6) is -3.97. The van der Waals surface area contributed by atoms with Gasteiger partial charge in [-0.2, -0.15) is 13.2 Å². The highest BCUT2D eigenvalue weighted by Gasteiger charge is 2.36. The van der Waals surface area contributed by atoms with Crippen molar-refractivity contribution in [3.05, 3.63) is 35.1 Å². The normalized spacial score (nSPS) is 18.9. The molecule has 8 heteroatoms. The summed E-state index contributed by atoms with van der Waals surface area (Å²) in [6, 6.07) is 1.99. The monoisotopic (exact) mass is 305 g/mol. The van der Waals surface area contributed by atoms with Crippen LogP contribution in [0.4, 0.5) is 17.6 Å². The van der Waals surface area contributed by atoms with Crippen LogP contribution in [0.3, 0.4) is 0 Å². The number of rotatable bonds is 2. The lowest BCUT2D eigenvalue weighted by Gasteiger charge is -2.17. The van der Waals surface area contributed by atoms with E-state index in [2.05, 4.69) is 0 Å². The molecule has 1 aromatic carbocycles. The van der Waals surface area contributed by atoms with Crippen molar-refractivity contribution in [2.24, 2.45) is 5.92 Å². The van der Waals surface area contributed by atoms with Gasteiger partial charge in [-0.1, -0.05) is 0 Å². The van der Waals surface area contributed by atoms with Crippen molar-refractivity contribution < 1.29 is 32.3 Å². The van der Waals surface area contributed by atoms with Crippen LogP contribution in [-0.4, -0.2) is 35.0 Å². The molecule has 1 atom stereocenters. The van der Waals surface area contributed by atoms with E-state index >= 15 is 0 Å². The van der Waals surface area contributed by atoms with E-state index in [1.165, 1.54) is 0 Å². The van der Waals surface area contributed by atoms with Crippen LogP contribution in [0.15, 0.2) is 18.2 Å². The third-order valence-corrected chi connectivity index (χ3v) is 3.34. The molecule has 1 aliphatic heterocycles. The molecular weight excluding hydrogens is 294 g/mol. The first-order valence-corrected chi connectivity index (χ1v) is 6.09. The summed E-state index contributed by atoms with van der Waals surface area (Å²) in [5, 5.41) is 8.83. The number of hydrogen-bond donors (Lipinski definition) is 1. The van der Waals surface area contributed by atoms with Crippen LogP contribution in [0.2, 0.25) is 0 Å². The summed E-state index contributed by atoms with van der Waals surface area (Å²) < 4.78 is 50.9. The summed E-state index contributed by atoms with van der Waals surface area (Å²) >= 11 is 0. The maximum Gasteiger partial charge on any atom is 0.419 e. The lowest BCUT2D eigenvalue weighted by atomic mass is 10.1. The third-order valence-electron chi connectivity index (χ3n) is 3.34. The van der Waals surface area contributed by atoms with Crippen LogP contribution in [0.5, 0.6) is 0 Å². The number of aliphatic carboxylic acids is 1. The smallest absolute Gasteiger partial charge is 0.419 e. The SMILES string of the molecule is O=C(O)[C@H]1CCN(C(=O)c2ccc(F)c(C(F)(F)F)c2)C1. The number of carboxylic acids is 1. The van der Waals surface area contributed by atoms with E-state index in [1.54, 1.807) is 0 Å². The first-order valence-electron chi connectivity index (χ1n) is 6.09. The van der Waals surface area contributed by atoms with Crippen molar-refractivity contribution in [3.63, 3.8) is 0 Å². The van der Waals surface area contributed by atoms with Crippen LogP contribution in [0.25, 0.3) is 0 Å². The highest BCUT2D eigenvalue weighted by Crippen LogP contribution is 2.32. The lowest BCUT2D eigenvalue weighted by Crippen LogP contribution is -2.30. The van der Waals surface area contributed by atoms with E-state index in [0.717, 1.165) is 11.0 Å².